The SMILES string of the molecule is [C-]#[N+]c1ccc(N2CCC(C(=O)Nc3ccc(CC4CN(CC5CCN(c6ccc7c(c6)C(=O)N(C6CCC(=O)NC6=O)C7=O)CC5)C4)cn3)CC2)cc1C(F)(F)F. The van der Waals surface area contributed by atoms with Gasteiger partial charge in [0, 0.05) is 75.7 Å². The van der Waals surface area contributed by atoms with E-state index in [4.69, 9.17) is 6.57 Å². The average molecular weight is 797 g/mol. The lowest BCUT2D eigenvalue weighted by molar-refractivity contribution is -0.137. The van der Waals surface area contributed by atoms with Gasteiger partial charge in [-0.05, 0) is 92.3 Å². The molecule has 6 heterocycles. The summed E-state index contributed by atoms with van der Waals surface area (Å²) in [6, 6.07) is 11.8. The van der Waals surface area contributed by atoms with Crippen LogP contribution in [0.25, 0.3) is 4.85 Å². The number of nitrogens with one attached hydrogen (secondary N) is 2. The highest BCUT2D eigenvalue weighted by Crippen LogP contribution is 2.40. The molecule has 0 radical (unpaired) electrons. The predicted octanol–water partition coefficient (Wildman–Crippen LogP) is 5.30. The molecule has 4 fully saturated rings. The molecule has 0 spiro atoms. The maximum atomic E-state index is 13.5. The Labute approximate surface area is 333 Å². The molecule has 16 heteroatoms. The van der Waals surface area contributed by atoms with Crippen LogP contribution in [-0.2, 0) is 27.0 Å². The standard InChI is InChI=1S/C42H43F3N8O5/c1-46-34-6-4-30(20-33(34)42(43,44)45)52-16-12-28(13-17-52)38(55)48-36-8-2-26(21-47-36)18-27-23-50(24-27)22-25-10-14-51(15-11-25)29-3-5-31-32(19-29)41(58)53(40(31)57)35-7-9-37(54)49-39(35)56/h2-6,8,19-21,25,27-28,35H,7,9-18,22-24H2,(H,47,48,55)(H,49,54,56). The first-order valence-corrected chi connectivity index (χ1v) is 19.8. The lowest BCUT2D eigenvalue weighted by Gasteiger charge is -2.43. The van der Waals surface area contributed by atoms with Gasteiger partial charge in [0.05, 0.1) is 23.3 Å². The number of nitrogens with zero attached hydrogens (tertiary/aromatic N) is 6. The van der Waals surface area contributed by atoms with Crippen molar-refractivity contribution >= 4 is 52.4 Å². The minimum atomic E-state index is -4.62. The van der Waals surface area contributed by atoms with Gasteiger partial charge in [-0.15, -0.1) is 0 Å². The topological polar surface area (TPSA) is 140 Å². The van der Waals surface area contributed by atoms with Crippen LogP contribution in [0.1, 0.15) is 70.4 Å². The van der Waals surface area contributed by atoms with Crippen LogP contribution in [0.5, 0.6) is 0 Å². The highest BCUT2D eigenvalue weighted by atomic mass is 19.4. The molecule has 0 saturated carbocycles. The number of hydrogen-bond donors (Lipinski definition) is 2. The summed E-state index contributed by atoms with van der Waals surface area (Å²) in [5.74, 6) is -0.928. The second-order valence-corrected chi connectivity index (χ2v) is 16.0. The first-order valence-electron chi connectivity index (χ1n) is 19.8. The number of halogens is 3. The summed E-state index contributed by atoms with van der Waals surface area (Å²) in [5.41, 5.74) is 1.57. The van der Waals surface area contributed by atoms with Gasteiger partial charge in [0.2, 0.25) is 17.7 Å². The molecular weight excluding hydrogens is 754 g/mol. The maximum Gasteiger partial charge on any atom is 0.407 e. The van der Waals surface area contributed by atoms with E-state index in [1.165, 1.54) is 12.1 Å². The predicted molar refractivity (Wildman–Crippen MR) is 207 cm³/mol. The van der Waals surface area contributed by atoms with E-state index < -0.39 is 47.1 Å². The second-order valence-electron chi connectivity index (χ2n) is 16.0. The van der Waals surface area contributed by atoms with E-state index in [-0.39, 0.29) is 30.2 Å². The van der Waals surface area contributed by atoms with Crippen LogP contribution in [0, 0.1) is 24.3 Å². The fourth-order valence-corrected chi connectivity index (χ4v) is 8.98. The van der Waals surface area contributed by atoms with Crippen molar-refractivity contribution in [3.63, 3.8) is 0 Å². The lowest BCUT2D eigenvalue weighted by Crippen LogP contribution is -2.54. The van der Waals surface area contributed by atoms with Gasteiger partial charge in [-0.1, -0.05) is 12.1 Å². The first kappa shape index (κ1) is 39.0. The molecule has 8 rings (SSSR count). The minimum Gasteiger partial charge on any atom is -0.372 e. The van der Waals surface area contributed by atoms with Crippen molar-refractivity contribution in [2.45, 2.75) is 57.2 Å². The van der Waals surface area contributed by atoms with Crippen molar-refractivity contribution < 1.29 is 37.1 Å². The number of fused-ring (bicyclic) bond motifs is 1. The number of benzene rings is 2. The summed E-state index contributed by atoms with van der Waals surface area (Å²) >= 11 is 0. The highest BCUT2D eigenvalue weighted by Gasteiger charge is 2.45. The summed E-state index contributed by atoms with van der Waals surface area (Å²) in [5, 5.41) is 5.13. The number of anilines is 3. The third-order valence-corrected chi connectivity index (χ3v) is 12.2. The van der Waals surface area contributed by atoms with Gasteiger partial charge in [0.25, 0.3) is 11.8 Å². The number of likely N-dealkylation sites (tertiary alicyclic amines) is 1. The molecule has 0 bridgehead atoms. The Kier molecular flexibility index (Phi) is 10.7. The van der Waals surface area contributed by atoms with Gasteiger partial charge in [0.15, 0.2) is 5.69 Å². The molecule has 1 unspecified atom stereocenters. The Morgan fingerprint density at radius 2 is 1.52 bits per heavy atom. The Bertz CT molecular complexity index is 2170. The minimum absolute atomic E-state index is 0.0803. The summed E-state index contributed by atoms with van der Waals surface area (Å²) in [6.07, 6.45) is 1.27. The van der Waals surface area contributed by atoms with Crippen molar-refractivity contribution in [3.05, 3.63) is 88.4 Å². The van der Waals surface area contributed by atoms with Gasteiger partial charge in [0.1, 0.15) is 11.9 Å². The molecule has 4 saturated heterocycles. The van der Waals surface area contributed by atoms with Gasteiger partial charge in [-0.25, -0.2) is 9.83 Å². The van der Waals surface area contributed by atoms with Crippen LogP contribution >= 0.6 is 0 Å². The molecule has 0 aliphatic carbocycles. The number of aromatic nitrogens is 1. The van der Waals surface area contributed by atoms with E-state index in [0.717, 1.165) is 74.2 Å². The normalized spacial score (nSPS) is 21.1. The van der Waals surface area contributed by atoms with Crippen molar-refractivity contribution in [2.75, 3.05) is 60.9 Å². The Morgan fingerprint density at radius 1 is 0.845 bits per heavy atom. The maximum absolute atomic E-state index is 13.5. The zero-order valence-corrected chi connectivity index (χ0v) is 31.8. The Balaban J connectivity index is 0.746. The smallest absolute Gasteiger partial charge is 0.372 e. The number of pyridine rings is 1. The van der Waals surface area contributed by atoms with Crippen LogP contribution in [0.2, 0.25) is 0 Å². The van der Waals surface area contributed by atoms with E-state index in [9.17, 15) is 37.1 Å². The number of hydrogen-bond acceptors (Lipinski definition) is 9. The fourth-order valence-electron chi connectivity index (χ4n) is 8.98. The van der Waals surface area contributed by atoms with E-state index in [1.54, 1.807) is 18.3 Å². The van der Waals surface area contributed by atoms with Gasteiger partial charge in [-0.2, -0.15) is 13.2 Å². The second kappa shape index (κ2) is 15.8. The lowest BCUT2D eigenvalue weighted by atomic mass is 9.89. The van der Waals surface area contributed by atoms with E-state index in [1.807, 2.05) is 23.1 Å². The monoisotopic (exact) mass is 796 g/mol. The van der Waals surface area contributed by atoms with Crippen molar-refractivity contribution in [2.24, 2.45) is 17.8 Å². The van der Waals surface area contributed by atoms with Crippen LogP contribution in [0.3, 0.4) is 0 Å². The third-order valence-electron chi connectivity index (χ3n) is 12.2. The fraction of sp³-hybridized carbons (Fsp3) is 0.452. The van der Waals surface area contributed by atoms with Crippen LogP contribution in [-0.4, -0.2) is 96.2 Å². The van der Waals surface area contributed by atoms with Crippen molar-refractivity contribution in [3.8, 4) is 0 Å². The molecule has 1 aromatic heterocycles. The Morgan fingerprint density at radius 3 is 2.17 bits per heavy atom. The molecule has 5 aliphatic heterocycles. The molecule has 13 nitrogen and oxygen atoms in total. The van der Waals surface area contributed by atoms with Gasteiger partial charge < -0.3 is 20.0 Å². The van der Waals surface area contributed by atoms with Crippen LogP contribution < -0.4 is 20.4 Å². The number of amides is 5. The van der Waals surface area contributed by atoms with Crippen LogP contribution in [0.4, 0.5) is 36.1 Å². The van der Waals surface area contributed by atoms with Gasteiger partial charge >= 0.3 is 6.18 Å². The van der Waals surface area contributed by atoms with E-state index >= 15 is 0 Å². The number of imide groups is 2. The van der Waals surface area contributed by atoms with Crippen LogP contribution in [0.15, 0.2) is 54.7 Å². The number of carbonyl (C=O) groups excluding carboxylic acids is 5. The number of carbonyl (C=O) groups is 5. The molecule has 2 aromatic carbocycles. The van der Waals surface area contributed by atoms with E-state index in [2.05, 4.69) is 30.3 Å². The number of rotatable bonds is 9. The van der Waals surface area contributed by atoms with Crippen molar-refractivity contribution in [1.29, 1.82) is 0 Å². The molecule has 302 valence electrons. The summed E-state index contributed by atoms with van der Waals surface area (Å²) < 4.78 is 40.4. The first-order chi connectivity index (χ1) is 27.8. The quantitative estimate of drug-likeness (QED) is 0.218. The van der Waals surface area contributed by atoms with E-state index in [0.29, 0.717) is 54.8 Å². The molecule has 3 aromatic rings. The largest absolute Gasteiger partial charge is 0.407 e. The zero-order chi connectivity index (χ0) is 40.7. The zero-order valence-electron chi connectivity index (χ0n) is 31.8. The number of piperidine rings is 3. The molecule has 5 amide bonds. The average Bonchev–Trinajstić information content (AvgIpc) is 3.45. The Hall–Kier alpha value is -5.82. The molecule has 2 N–H and O–H groups in total. The third kappa shape index (κ3) is 8.00. The van der Waals surface area contributed by atoms with Crippen molar-refractivity contribution in [1.82, 2.24) is 20.1 Å². The molecule has 58 heavy (non-hydrogen) atoms. The summed E-state index contributed by atoms with van der Waals surface area (Å²) in [4.78, 5) is 78.4. The summed E-state index contributed by atoms with van der Waals surface area (Å²) in [6.45, 7) is 12.6. The highest BCUT2D eigenvalue weighted by molar-refractivity contribution is 6.23. The van der Waals surface area contributed by atoms with Gasteiger partial charge in [-0.3, -0.25) is 34.2 Å². The molecule has 1 atom stereocenters. The molecular formula is C42H43F3N8O5. The summed E-state index contributed by atoms with van der Waals surface area (Å²) in [7, 11) is 0. The molecule has 5 aliphatic rings. The number of alkyl halides is 3.